The number of morpholine rings is 1. The highest BCUT2D eigenvalue weighted by Crippen LogP contribution is 2.19. The highest BCUT2D eigenvalue weighted by atomic mass is 16.5. The molecule has 0 unspecified atom stereocenters. The number of ether oxygens (including phenoxy) is 1. The number of nitrogens with zero attached hydrogens (tertiary/aromatic N) is 2. The molecule has 124 valence electrons. The third-order valence-electron chi connectivity index (χ3n) is 3.77. The van der Waals surface area contributed by atoms with Crippen molar-refractivity contribution in [3.63, 3.8) is 0 Å². The lowest BCUT2D eigenvalue weighted by Gasteiger charge is -2.27. The van der Waals surface area contributed by atoms with Crippen LogP contribution in [0.4, 0.5) is 17.1 Å². The first-order chi connectivity index (χ1) is 11.6. The monoisotopic (exact) mass is 324 g/mol. The predicted molar refractivity (Wildman–Crippen MR) is 95.3 cm³/mol. The Hall–Kier alpha value is -2.86. The minimum Gasteiger partial charge on any atom is -0.399 e. The van der Waals surface area contributed by atoms with Crippen LogP contribution in [0.5, 0.6) is 0 Å². The second kappa shape index (κ2) is 7.14. The van der Waals surface area contributed by atoms with Crippen molar-refractivity contribution >= 4 is 28.7 Å². The van der Waals surface area contributed by atoms with E-state index in [1.54, 1.807) is 29.2 Å². The van der Waals surface area contributed by atoms with Crippen LogP contribution in [0.2, 0.25) is 0 Å². The van der Waals surface area contributed by atoms with E-state index in [1.807, 2.05) is 24.3 Å². The lowest BCUT2D eigenvalue weighted by molar-refractivity contribution is -0.127. The number of anilines is 2. The molecule has 1 saturated heterocycles. The maximum Gasteiger partial charge on any atom is 0.273 e. The van der Waals surface area contributed by atoms with Crippen molar-refractivity contribution in [2.45, 2.75) is 0 Å². The molecule has 0 bridgehead atoms. The Morgan fingerprint density at radius 2 is 1.67 bits per heavy atom. The summed E-state index contributed by atoms with van der Waals surface area (Å²) in [6, 6.07) is 14.3. The SMILES string of the molecule is Nc1cccc(N=C(C(=O)N2CCOCC2)c2cccc(N)c2)c1. The van der Waals surface area contributed by atoms with Gasteiger partial charge in [0.25, 0.3) is 5.91 Å². The van der Waals surface area contributed by atoms with Crippen molar-refractivity contribution in [1.29, 1.82) is 0 Å². The second-order valence-corrected chi connectivity index (χ2v) is 5.59. The van der Waals surface area contributed by atoms with Crippen LogP contribution in [-0.4, -0.2) is 42.8 Å². The van der Waals surface area contributed by atoms with Crippen LogP contribution >= 0.6 is 0 Å². The van der Waals surface area contributed by atoms with E-state index in [9.17, 15) is 4.79 Å². The summed E-state index contributed by atoms with van der Waals surface area (Å²) in [7, 11) is 0. The first kappa shape index (κ1) is 16.0. The number of rotatable bonds is 3. The van der Waals surface area contributed by atoms with Gasteiger partial charge in [-0.25, -0.2) is 4.99 Å². The molecule has 0 spiro atoms. The van der Waals surface area contributed by atoms with Crippen LogP contribution in [-0.2, 0) is 9.53 Å². The zero-order valence-corrected chi connectivity index (χ0v) is 13.3. The van der Waals surface area contributed by atoms with Gasteiger partial charge in [0.1, 0.15) is 5.71 Å². The molecule has 1 amide bonds. The molecule has 6 nitrogen and oxygen atoms in total. The summed E-state index contributed by atoms with van der Waals surface area (Å²) in [6.45, 7) is 2.18. The van der Waals surface area contributed by atoms with Gasteiger partial charge < -0.3 is 21.1 Å². The van der Waals surface area contributed by atoms with Gasteiger partial charge in [0.2, 0.25) is 0 Å². The quantitative estimate of drug-likeness (QED) is 0.665. The van der Waals surface area contributed by atoms with Gasteiger partial charge in [0, 0.05) is 30.0 Å². The number of carbonyl (C=O) groups excluding carboxylic acids is 1. The lowest BCUT2D eigenvalue weighted by atomic mass is 10.1. The topological polar surface area (TPSA) is 93.9 Å². The minimum atomic E-state index is -0.133. The molecule has 4 N–H and O–H groups in total. The van der Waals surface area contributed by atoms with Crippen molar-refractivity contribution in [1.82, 2.24) is 4.90 Å². The van der Waals surface area contributed by atoms with Gasteiger partial charge in [-0.2, -0.15) is 0 Å². The molecular formula is C18H20N4O2. The van der Waals surface area contributed by atoms with Crippen LogP contribution in [0.1, 0.15) is 5.56 Å². The zero-order valence-electron chi connectivity index (χ0n) is 13.3. The molecule has 1 heterocycles. The molecule has 6 heteroatoms. The third kappa shape index (κ3) is 3.72. The summed E-state index contributed by atoms with van der Waals surface area (Å²) in [6.07, 6.45) is 0. The smallest absolute Gasteiger partial charge is 0.273 e. The molecule has 1 aliphatic heterocycles. The number of benzene rings is 2. The van der Waals surface area contributed by atoms with E-state index in [-0.39, 0.29) is 5.91 Å². The maximum absolute atomic E-state index is 13.0. The molecule has 3 rings (SSSR count). The number of aliphatic imine (C=N–C) groups is 1. The van der Waals surface area contributed by atoms with Crippen molar-refractivity contribution in [3.05, 3.63) is 54.1 Å². The van der Waals surface area contributed by atoms with Gasteiger partial charge in [-0.15, -0.1) is 0 Å². The summed E-state index contributed by atoms with van der Waals surface area (Å²) in [5, 5.41) is 0. The number of nitrogens with two attached hydrogens (primary N) is 2. The van der Waals surface area contributed by atoms with Crippen LogP contribution < -0.4 is 11.5 Å². The van der Waals surface area contributed by atoms with E-state index in [1.165, 1.54) is 0 Å². The fraction of sp³-hybridized carbons (Fsp3) is 0.222. The van der Waals surface area contributed by atoms with E-state index in [0.717, 1.165) is 0 Å². The molecule has 0 aliphatic carbocycles. The Morgan fingerprint density at radius 3 is 2.33 bits per heavy atom. The Bertz CT molecular complexity index is 767. The van der Waals surface area contributed by atoms with Crippen LogP contribution in [0.15, 0.2) is 53.5 Å². The fourth-order valence-corrected chi connectivity index (χ4v) is 2.56. The number of nitrogen functional groups attached to an aromatic ring is 2. The average Bonchev–Trinajstić information content (AvgIpc) is 2.60. The third-order valence-corrected chi connectivity index (χ3v) is 3.77. The van der Waals surface area contributed by atoms with Crippen molar-refractivity contribution in [3.8, 4) is 0 Å². The molecule has 0 atom stereocenters. The Morgan fingerprint density at radius 1 is 1.00 bits per heavy atom. The number of amides is 1. The summed E-state index contributed by atoms with van der Waals surface area (Å²) in [4.78, 5) is 19.3. The number of hydrogen-bond acceptors (Lipinski definition) is 5. The summed E-state index contributed by atoms with van der Waals surface area (Å²) < 4.78 is 5.32. The summed E-state index contributed by atoms with van der Waals surface area (Å²) in [5.41, 5.74) is 14.6. The summed E-state index contributed by atoms with van der Waals surface area (Å²) in [5.74, 6) is -0.133. The Balaban J connectivity index is 2.01. The van der Waals surface area contributed by atoms with Crippen molar-refractivity contribution in [2.75, 3.05) is 37.8 Å². The second-order valence-electron chi connectivity index (χ2n) is 5.59. The molecule has 2 aromatic carbocycles. The highest BCUT2D eigenvalue weighted by Gasteiger charge is 2.23. The Labute approximate surface area is 140 Å². The molecule has 2 aromatic rings. The standard InChI is InChI=1S/C18H20N4O2/c19-14-4-1-3-13(11-14)17(18(23)22-7-9-24-10-8-22)21-16-6-2-5-15(20)12-16/h1-6,11-12H,7-10,19-20H2. The van der Waals surface area contributed by atoms with E-state index >= 15 is 0 Å². The van der Waals surface area contributed by atoms with Gasteiger partial charge in [0.05, 0.1) is 18.9 Å². The van der Waals surface area contributed by atoms with Crippen LogP contribution in [0, 0.1) is 0 Å². The van der Waals surface area contributed by atoms with E-state index in [4.69, 9.17) is 16.2 Å². The molecule has 1 aliphatic rings. The van der Waals surface area contributed by atoms with Gasteiger partial charge >= 0.3 is 0 Å². The van der Waals surface area contributed by atoms with Gasteiger partial charge in [0.15, 0.2) is 0 Å². The molecule has 24 heavy (non-hydrogen) atoms. The maximum atomic E-state index is 13.0. The fourth-order valence-electron chi connectivity index (χ4n) is 2.56. The predicted octanol–water partition coefficient (Wildman–Crippen LogP) is 1.83. The number of carbonyl (C=O) groups is 1. The highest BCUT2D eigenvalue weighted by molar-refractivity contribution is 6.45. The van der Waals surface area contributed by atoms with Gasteiger partial charge in [-0.3, -0.25) is 4.79 Å². The molecule has 0 saturated carbocycles. The zero-order chi connectivity index (χ0) is 16.9. The lowest BCUT2D eigenvalue weighted by Crippen LogP contribution is -2.44. The first-order valence-electron chi connectivity index (χ1n) is 7.80. The normalized spacial score (nSPS) is 15.3. The minimum absolute atomic E-state index is 0.133. The van der Waals surface area contributed by atoms with E-state index < -0.39 is 0 Å². The van der Waals surface area contributed by atoms with Gasteiger partial charge in [-0.05, 0) is 30.3 Å². The molecule has 1 fully saturated rings. The van der Waals surface area contributed by atoms with Crippen LogP contribution in [0.25, 0.3) is 0 Å². The largest absolute Gasteiger partial charge is 0.399 e. The first-order valence-corrected chi connectivity index (χ1v) is 7.80. The van der Waals surface area contributed by atoms with Crippen LogP contribution in [0.3, 0.4) is 0 Å². The average molecular weight is 324 g/mol. The van der Waals surface area contributed by atoms with Crippen molar-refractivity contribution < 1.29 is 9.53 Å². The van der Waals surface area contributed by atoms with Gasteiger partial charge in [-0.1, -0.05) is 18.2 Å². The van der Waals surface area contributed by atoms with Crippen molar-refractivity contribution in [2.24, 2.45) is 4.99 Å². The molecule has 0 radical (unpaired) electrons. The molecule has 0 aromatic heterocycles. The van der Waals surface area contributed by atoms with E-state index in [2.05, 4.69) is 4.99 Å². The summed E-state index contributed by atoms with van der Waals surface area (Å²) >= 11 is 0. The Kier molecular flexibility index (Phi) is 4.77. The van der Waals surface area contributed by atoms with E-state index in [0.29, 0.717) is 54.6 Å². The number of hydrogen-bond donors (Lipinski definition) is 2. The molecular weight excluding hydrogens is 304 g/mol.